The molecule has 0 bridgehead atoms. The van der Waals surface area contributed by atoms with Gasteiger partial charge in [0.15, 0.2) is 5.60 Å². The van der Waals surface area contributed by atoms with Gasteiger partial charge in [-0.1, -0.05) is 19.8 Å². The van der Waals surface area contributed by atoms with Crippen LogP contribution in [0.5, 0.6) is 0 Å². The van der Waals surface area contributed by atoms with E-state index in [1.54, 1.807) is 16.8 Å². The van der Waals surface area contributed by atoms with E-state index in [2.05, 4.69) is 15.9 Å². The Balaban J connectivity index is 1.77. The second-order valence-corrected chi connectivity index (χ2v) is 7.13. The third kappa shape index (κ3) is 4.10. The van der Waals surface area contributed by atoms with E-state index in [0.29, 0.717) is 23.9 Å². The summed E-state index contributed by atoms with van der Waals surface area (Å²) in [6, 6.07) is 1.72. The standard InChI is InChI=1S/C19H23ClN4O5/c1-4-11(5-2)28-18(26)27-10-19(6-3)13(25)9-14(29-19)24-8-7-12-15(21)22-17(20)23-16(12)24/h3,7-8,11,13-14,25H,4-5,9-10H2,1-2H3,(H2,21,22,23)/t13-,14+,19+/m0/s1. The van der Waals surface area contributed by atoms with Gasteiger partial charge in [-0.3, -0.25) is 0 Å². The van der Waals surface area contributed by atoms with Crippen molar-refractivity contribution in [2.45, 2.75) is 57.1 Å². The van der Waals surface area contributed by atoms with E-state index < -0.39 is 24.1 Å². The molecule has 0 unspecified atom stereocenters. The fourth-order valence-corrected chi connectivity index (χ4v) is 3.45. The number of hydrogen-bond acceptors (Lipinski definition) is 8. The van der Waals surface area contributed by atoms with Crippen LogP contribution in [0, 0.1) is 12.3 Å². The number of nitrogen functional groups attached to an aromatic ring is 1. The number of ether oxygens (including phenoxy) is 3. The van der Waals surface area contributed by atoms with Crippen LogP contribution in [0.4, 0.5) is 10.6 Å². The van der Waals surface area contributed by atoms with E-state index in [1.807, 2.05) is 13.8 Å². The Kier molecular flexibility index (Phi) is 6.17. The number of aliphatic hydroxyl groups excluding tert-OH is 1. The quantitative estimate of drug-likeness (QED) is 0.414. The number of fused-ring (bicyclic) bond motifs is 1. The second kappa shape index (κ2) is 8.45. The summed E-state index contributed by atoms with van der Waals surface area (Å²) in [5.74, 6) is 2.65. The number of rotatable bonds is 6. The summed E-state index contributed by atoms with van der Waals surface area (Å²) in [5, 5.41) is 11.2. The summed E-state index contributed by atoms with van der Waals surface area (Å²) < 4.78 is 18.0. The molecule has 29 heavy (non-hydrogen) atoms. The van der Waals surface area contributed by atoms with Crippen LogP contribution in [0.3, 0.4) is 0 Å². The van der Waals surface area contributed by atoms with Gasteiger partial charge < -0.3 is 29.6 Å². The number of nitrogens with two attached hydrogens (primary N) is 1. The van der Waals surface area contributed by atoms with E-state index in [9.17, 15) is 9.90 Å². The highest BCUT2D eigenvalue weighted by atomic mass is 35.5. The molecule has 0 aromatic carbocycles. The topological polar surface area (TPSA) is 122 Å². The number of carbonyl (C=O) groups is 1. The molecule has 3 heterocycles. The molecule has 1 saturated heterocycles. The summed E-state index contributed by atoms with van der Waals surface area (Å²) in [7, 11) is 0. The number of aliphatic hydroxyl groups is 1. The van der Waals surface area contributed by atoms with Crippen molar-refractivity contribution in [1.82, 2.24) is 14.5 Å². The van der Waals surface area contributed by atoms with Gasteiger partial charge in [0, 0.05) is 12.6 Å². The van der Waals surface area contributed by atoms with Crippen LogP contribution in [0.15, 0.2) is 12.3 Å². The van der Waals surface area contributed by atoms with Crippen LogP contribution >= 0.6 is 11.6 Å². The molecule has 0 radical (unpaired) electrons. The summed E-state index contributed by atoms with van der Waals surface area (Å²) in [4.78, 5) is 20.0. The van der Waals surface area contributed by atoms with Gasteiger partial charge >= 0.3 is 6.16 Å². The number of aromatic nitrogens is 3. The smallest absolute Gasteiger partial charge is 0.431 e. The van der Waals surface area contributed by atoms with Gasteiger partial charge in [-0.15, -0.1) is 6.42 Å². The molecule has 3 N–H and O–H groups in total. The van der Waals surface area contributed by atoms with Crippen LogP contribution in [-0.2, 0) is 14.2 Å². The molecule has 1 aliphatic rings. The van der Waals surface area contributed by atoms with Crippen molar-refractivity contribution >= 4 is 34.6 Å². The van der Waals surface area contributed by atoms with Gasteiger partial charge in [0.1, 0.15) is 36.5 Å². The van der Waals surface area contributed by atoms with Crippen molar-refractivity contribution in [1.29, 1.82) is 0 Å². The minimum atomic E-state index is -1.52. The first-order chi connectivity index (χ1) is 13.8. The number of terminal acetylenes is 1. The van der Waals surface area contributed by atoms with Crippen LogP contribution in [-0.4, -0.2) is 50.2 Å². The lowest BCUT2D eigenvalue weighted by Crippen LogP contribution is -2.43. The summed E-state index contributed by atoms with van der Waals surface area (Å²) in [6.07, 6.45) is 5.97. The molecule has 156 valence electrons. The van der Waals surface area contributed by atoms with E-state index in [1.165, 1.54) is 0 Å². The molecule has 0 spiro atoms. The minimum absolute atomic E-state index is 0.0100. The molecular formula is C19H23ClN4O5. The average Bonchev–Trinajstić information content (AvgIpc) is 3.26. The van der Waals surface area contributed by atoms with Crippen molar-refractivity contribution in [3.05, 3.63) is 17.5 Å². The van der Waals surface area contributed by atoms with E-state index in [-0.39, 0.29) is 30.2 Å². The predicted octanol–water partition coefficient (Wildman–Crippen LogP) is 2.66. The zero-order chi connectivity index (χ0) is 21.2. The van der Waals surface area contributed by atoms with Crippen LogP contribution in [0.1, 0.15) is 39.3 Å². The molecule has 0 saturated carbocycles. The lowest BCUT2D eigenvalue weighted by atomic mass is 9.99. The Morgan fingerprint density at radius 3 is 2.93 bits per heavy atom. The summed E-state index contributed by atoms with van der Waals surface area (Å²) in [6.45, 7) is 3.46. The molecule has 3 atom stereocenters. The van der Waals surface area contributed by atoms with E-state index in [4.69, 9.17) is 38.0 Å². The molecular weight excluding hydrogens is 400 g/mol. The highest BCUT2D eigenvalue weighted by Crippen LogP contribution is 2.39. The average molecular weight is 423 g/mol. The molecule has 9 nitrogen and oxygen atoms in total. The predicted molar refractivity (Wildman–Crippen MR) is 106 cm³/mol. The molecule has 0 amide bonds. The third-order valence-electron chi connectivity index (χ3n) is 5.02. The fourth-order valence-electron chi connectivity index (χ4n) is 3.28. The number of hydrogen-bond donors (Lipinski definition) is 2. The Hall–Kier alpha value is -2.54. The number of anilines is 1. The van der Waals surface area contributed by atoms with Crippen LogP contribution in [0.2, 0.25) is 5.28 Å². The number of carbonyl (C=O) groups excluding carboxylic acids is 1. The maximum atomic E-state index is 12.0. The second-order valence-electron chi connectivity index (χ2n) is 6.79. The molecule has 1 aliphatic heterocycles. The lowest BCUT2D eigenvalue weighted by molar-refractivity contribution is -0.101. The third-order valence-corrected chi connectivity index (χ3v) is 5.19. The monoisotopic (exact) mass is 422 g/mol. The Labute approximate surface area is 173 Å². The molecule has 3 rings (SSSR count). The number of halogens is 1. The molecule has 2 aromatic rings. The Morgan fingerprint density at radius 1 is 1.55 bits per heavy atom. The SMILES string of the molecule is C#C[C@]1(COC(=O)OC(CC)CC)O[C@@H](n2ccc3c(N)nc(Cl)nc32)C[C@@H]1O. The molecule has 10 heteroatoms. The first kappa shape index (κ1) is 21.2. The van der Waals surface area contributed by atoms with Crippen LogP contribution in [0.25, 0.3) is 11.0 Å². The molecule has 2 aromatic heterocycles. The van der Waals surface area contributed by atoms with Crippen LogP contribution < -0.4 is 5.73 Å². The van der Waals surface area contributed by atoms with Gasteiger partial charge in [-0.05, 0) is 30.5 Å². The van der Waals surface area contributed by atoms with E-state index >= 15 is 0 Å². The van der Waals surface area contributed by atoms with E-state index in [0.717, 1.165) is 0 Å². The maximum Gasteiger partial charge on any atom is 0.508 e. The first-order valence-corrected chi connectivity index (χ1v) is 9.67. The molecule has 0 aliphatic carbocycles. The first-order valence-electron chi connectivity index (χ1n) is 9.30. The normalized spacial score (nSPS) is 24.0. The zero-order valence-corrected chi connectivity index (χ0v) is 16.9. The summed E-state index contributed by atoms with van der Waals surface area (Å²) in [5.41, 5.74) is 4.81. The largest absolute Gasteiger partial charge is 0.508 e. The molecule has 1 fully saturated rings. The van der Waals surface area contributed by atoms with Gasteiger partial charge in [0.05, 0.1) is 5.39 Å². The lowest BCUT2D eigenvalue weighted by Gasteiger charge is -2.26. The minimum Gasteiger partial charge on any atom is -0.431 e. The van der Waals surface area contributed by atoms with Gasteiger partial charge in [0.25, 0.3) is 0 Å². The van der Waals surface area contributed by atoms with Gasteiger partial charge in [-0.25, -0.2) is 9.78 Å². The Morgan fingerprint density at radius 2 is 2.28 bits per heavy atom. The Bertz CT molecular complexity index is 939. The zero-order valence-electron chi connectivity index (χ0n) is 16.2. The van der Waals surface area contributed by atoms with Crippen molar-refractivity contribution in [3.63, 3.8) is 0 Å². The van der Waals surface area contributed by atoms with Crippen molar-refractivity contribution in [3.8, 4) is 12.3 Å². The van der Waals surface area contributed by atoms with Gasteiger partial charge in [0.2, 0.25) is 5.28 Å². The maximum absolute atomic E-state index is 12.0. The van der Waals surface area contributed by atoms with Crippen molar-refractivity contribution < 1.29 is 24.1 Å². The summed E-state index contributed by atoms with van der Waals surface area (Å²) >= 11 is 5.91. The highest BCUT2D eigenvalue weighted by molar-refractivity contribution is 6.28. The number of nitrogens with zero attached hydrogens (tertiary/aromatic N) is 3. The van der Waals surface area contributed by atoms with Crippen molar-refractivity contribution in [2.24, 2.45) is 0 Å². The van der Waals surface area contributed by atoms with Gasteiger partial charge in [-0.2, -0.15) is 4.98 Å². The highest BCUT2D eigenvalue weighted by Gasteiger charge is 2.49. The van der Waals surface area contributed by atoms with Crippen molar-refractivity contribution in [2.75, 3.05) is 12.3 Å². The fraction of sp³-hybridized carbons (Fsp3) is 0.526.